The first-order valence-electron chi connectivity index (χ1n) is 6.88. The number of rotatable bonds is 2. The van der Waals surface area contributed by atoms with Crippen LogP contribution in [0.25, 0.3) is 0 Å². The number of aryl methyl sites for hydroxylation is 1. The van der Waals surface area contributed by atoms with Crippen molar-refractivity contribution in [3.05, 3.63) is 43.3 Å². The minimum atomic E-state index is 0.251. The maximum absolute atomic E-state index is 3.91. The third-order valence-corrected chi connectivity index (χ3v) is 8.99. The lowest BCUT2D eigenvalue weighted by Gasteiger charge is -2.15. The number of fused-ring (bicyclic) bond motifs is 1. The number of thiophene rings is 2. The fourth-order valence-electron chi connectivity index (χ4n) is 2.33. The van der Waals surface area contributed by atoms with Crippen molar-refractivity contribution >= 4 is 50.4 Å². The fourth-order valence-corrected chi connectivity index (χ4v) is 6.68. The molecule has 0 amide bonds. The molecule has 2 aromatic rings. The van der Waals surface area contributed by atoms with Gasteiger partial charge in [-0.1, -0.05) is 36.7 Å². The van der Waals surface area contributed by atoms with E-state index in [1.54, 1.807) is 10.4 Å². The van der Waals surface area contributed by atoms with E-state index in [9.17, 15) is 0 Å². The van der Waals surface area contributed by atoms with Crippen molar-refractivity contribution in [1.29, 1.82) is 0 Å². The normalized spacial score (nSPS) is 17.0. The zero-order valence-electron chi connectivity index (χ0n) is 12.0. The van der Waals surface area contributed by atoms with Gasteiger partial charge in [0.15, 0.2) is 0 Å². The molecule has 20 heavy (non-hydrogen) atoms. The Labute approximate surface area is 142 Å². The zero-order chi connectivity index (χ0) is 14.3. The van der Waals surface area contributed by atoms with Gasteiger partial charge >= 0.3 is 0 Å². The molecule has 2 aromatic heterocycles. The van der Waals surface area contributed by atoms with E-state index in [4.69, 9.17) is 0 Å². The van der Waals surface area contributed by atoms with Crippen LogP contribution in [-0.4, -0.2) is 5.75 Å². The van der Waals surface area contributed by atoms with E-state index >= 15 is 0 Å². The average Bonchev–Trinajstić information content (AvgIpc) is 3.04. The molecule has 1 aliphatic rings. The lowest BCUT2D eigenvalue weighted by molar-refractivity contribution is 0.604. The van der Waals surface area contributed by atoms with Crippen molar-refractivity contribution in [2.45, 2.75) is 43.2 Å². The summed E-state index contributed by atoms with van der Waals surface area (Å²) in [6.07, 6.45) is 1.25. The standard InChI is InChI=1S/C16H19BrS3/c1-16(2,3)14-5-4-12(20-14)15(17)13-8-10-9-18-7-6-11(10)19-13/h4-5,8,15H,6-7,9H2,1-3H3. The Balaban J connectivity index is 1.86. The maximum Gasteiger partial charge on any atom is 0.0831 e. The van der Waals surface area contributed by atoms with Crippen LogP contribution < -0.4 is 0 Å². The summed E-state index contributed by atoms with van der Waals surface area (Å²) in [6.45, 7) is 6.85. The second-order valence-corrected chi connectivity index (χ2v) is 10.5. The molecule has 0 nitrogen and oxygen atoms in total. The first-order valence-corrected chi connectivity index (χ1v) is 10.6. The highest BCUT2D eigenvalue weighted by molar-refractivity contribution is 9.09. The summed E-state index contributed by atoms with van der Waals surface area (Å²) >= 11 is 9.92. The smallest absolute Gasteiger partial charge is 0.0831 e. The number of hydrogen-bond acceptors (Lipinski definition) is 3. The molecule has 0 aliphatic carbocycles. The van der Waals surface area contributed by atoms with E-state index in [1.165, 1.54) is 32.6 Å². The molecule has 0 saturated heterocycles. The minimum Gasteiger partial charge on any atom is -0.157 e. The Morgan fingerprint density at radius 3 is 2.60 bits per heavy atom. The molecule has 0 fully saturated rings. The van der Waals surface area contributed by atoms with Gasteiger partial charge in [-0.25, -0.2) is 0 Å². The summed E-state index contributed by atoms with van der Waals surface area (Å²) in [7, 11) is 0. The monoisotopic (exact) mass is 386 g/mol. The molecule has 1 aliphatic heterocycles. The van der Waals surface area contributed by atoms with Gasteiger partial charge in [0.05, 0.1) is 4.83 Å². The highest BCUT2D eigenvalue weighted by Gasteiger charge is 2.22. The molecule has 1 atom stereocenters. The van der Waals surface area contributed by atoms with Gasteiger partial charge in [-0.3, -0.25) is 0 Å². The van der Waals surface area contributed by atoms with Gasteiger partial charge in [0.1, 0.15) is 0 Å². The Kier molecular flexibility index (Phi) is 4.38. The molecule has 0 spiro atoms. The van der Waals surface area contributed by atoms with Gasteiger partial charge in [0, 0.05) is 25.3 Å². The predicted octanol–water partition coefficient (Wildman–Crippen LogP) is 6.38. The summed E-state index contributed by atoms with van der Waals surface area (Å²) < 4.78 is 0. The van der Waals surface area contributed by atoms with Crippen LogP contribution in [0.15, 0.2) is 18.2 Å². The van der Waals surface area contributed by atoms with Crippen LogP contribution in [0.2, 0.25) is 0 Å². The first kappa shape index (κ1) is 15.1. The van der Waals surface area contributed by atoms with Crippen LogP contribution >= 0.6 is 50.4 Å². The lowest BCUT2D eigenvalue weighted by Crippen LogP contribution is -2.07. The molecular weight excluding hydrogens is 368 g/mol. The number of halogens is 1. The second kappa shape index (κ2) is 5.79. The molecule has 0 bridgehead atoms. The molecule has 3 rings (SSSR count). The van der Waals surface area contributed by atoms with Crippen LogP contribution in [0, 0.1) is 0 Å². The minimum absolute atomic E-state index is 0.251. The maximum atomic E-state index is 3.91. The quantitative estimate of drug-likeness (QED) is 0.539. The third-order valence-electron chi connectivity index (χ3n) is 3.51. The van der Waals surface area contributed by atoms with Crippen LogP contribution in [-0.2, 0) is 17.6 Å². The Morgan fingerprint density at radius 1 is 1.15 bits per heavy atom. The second-order valence-electron chi connectivity index (χ2n) is 6.21. The third kappa shape index (κ3) is 3.03. The van der Waals surface area contributed by atoms with E-state index in [2.05, 4.69) is 66.7 Å². The van der Waals surface area contributed by atoms with Crippen molar-refractivity contribution < 1.29 is 0 Å². The Morgan fingerprint density at radius 2 is 1.95 bits per heavy atom. The van der Waals surface area contributed by atoms with Gasteiger partial charge < -0.3 is 0 Å². The summed E-state index contributed by atoms with van der Waals surface area (Å²) in [5.41, 5.74) is 1.82. The van der Waals surface area contributed by atoms with Crippen LogP contribution in [0.3, 0.4) is 0 Å². The van der Waals surface area contributed by atoms with Gasteiger partial charge in [0.2, 0.25) is 0 Å². The molecule has 1 unspecified atom stereocenters. The highest BCUT2D eigenvalue weighted by atomic mass is 79.9. The zero-order valence-corrected chi connectivity index (χ0v) is 16.1. The van der Waals surface area contributed by atoms with E-state index in [1.807, 2.05) is 22.7 Å². The Hall–Kier alpha value is 0.230. The largest absolute Gasteiger partial charge is 0.157 e. The van der Waals surface area contributed by atoms with E-state index in [-0.39, 0.29) is 5.41 Å². The molecule has 0 N–H and O–H groups in total. The molecule has 0 radical (unpaired) electrons. The van der Waals surface area contributed by atoms with Crippen LogP contribution in [0.1, 0.15) is 50.7 Å². The predicted molar refractivity (Wildman–Crippen MR) is 98.0 cm³/mol. The summed E-state index contributed by atoms with van der Waals surface area (Å²) in [6, 6.07) is 7.00. The summed E-state index contributed by atoms with van der Waals surface area (Å²) in [4.78, 5) is 6.34. The topological polar surface area (TPSA) is 0 Å². The lowest BCUT2D eigenvalue weighted by atomic mass is 9.95. The molecular formula is C16H19BrS3. The molecule has 108 valence electrons. The van der Waals surface area contributed by atoms with Crippen molar-refractivity contribution in [3.8, 4) is 0 Å². The number of thioether (sulfide) groups is 1. The van der Waals surface area contributed by atoms with Crippen LogP contribution in [0.5, 0.6) is 0 Å². The Bertz CT molecular complexity index is 580. The van der Waals surface area contributed by atoms with Crippen molar-refractivity contribution in [3.63, 3.8) is 0 Å². The van der Waals surface area contributed by atoms with E-state index in [0.29, 0.717) is 4.83 Å². The van der Waals surface area contributed by atoms with Gasteiger partial charge in [0.25, 0.3) is 0 Å². The first-order chi connectivity index (χ1) is 9.45. The van der Waals surface area contributed by atoms with Crippen molar-refractivity contribution in [2.24, 2.45) is 0 Å². The van der Waals surface area contributed by atoms with Gasteiger partial charge in [-0.2, -0.15) is 11.8 Å². The average molecular weight is 387 g/mol. The molecule has 3 heterocycles. The van der Waals surface area contributed by atoms with Crippen molar-refractivity contribution in [2.75, 3.05) is 5.75 Å². The highest BCUT2D eigenvalue weighted by Crippen LogP contribution is 2.43. The summed E-state index contributed by atoms with van der Waals surface area (Å²) in [5.74, 6) is 2.48. The number of hydrogen-bond donors (Lipinski definition) is 0. The van der Waals surface area contributed by atoms with Crippen molar-refractivity contribution in [1.82, 2.24) is 0 Å². The fraction of sp³-hybridized carbons (Fsp3) is 0.500. The van der Waals surface area contributed by atoms with Crippen LogP contribution in [0.4, 0.5) is 0 Å². The number of alkyl halides is 1. The SMILES string of the molecule is CC(C)(C)c1ccc(C(Br)c2cc3c(s2)CCSC3)s1. The van der Waals surface area contributed by atoms with Gasteiger partial charge in [-0.05, 0) is 41.4 Å². The molecule has 0 saturated carbocycles. The van der Waals surface area contributed by atoms with E-state index in [0.717, 1.165) is 0 Å². The molecule has 4 heteroatoms. The van der Waals surface area contributed by atoms with E-state index < -0.39 is 0 Å². The molecule has 0 aromatic carbocycles. The summed E-state index contributed by atoms with van der Waals surface area (Å²) in [5, 5.41) is 0. The van der Waals surface area contributed by atoms with Gasteiger partial charge in [-0.15, -0.1) is 22.7 Å².